The van der Waals surface area contributed by atoms with Gasteiger partial charge in [-0.2, -0.15) is 0 Å². The molecule has 25 heavy (non-hydrogen) atoms. The molecule has 2 aliphatic carbocycles. The lowest BCUT2D eigenvalue weighted by Gasteiger charge is -2.26. The predicted octanol–water partition coefficient (Wildman–Crippen LogP) is 1.64. The summed E-state index contributed by atoms with van der Waals surface area (Å²) in [7, 11) is 0. The second-order valence-corrected chi connectivity index (χ2v) is 7.85. The molecule has 3 atom stereocenters. The van der Waals surface area contributed by atoms with E-state index in [1.165, 1.54) is 0 Å². The van der Waals surface area contributed by atoms with E-state index in [9.17, 15) is 4.79 Å². The van der Waals surface area contributed by atoms with Gasteiger partial charge in [-0.3, -0.25) is 4.79 Å². The monoisotopic (exact) mass is 342 g/mol. The van der Waals surface area contributed by atoms with Gasteiger partial charge in [0.05, 0.1) is 11.2 Å². The van der Waals surface area contributed by atoms with Gasteiger partial charge < -0.3 is 20.9 Å². The number of aromatic nitrogens is 1. The maximum absolute atomic E-state index is 15.0. The third-order valence-corrected chi connectivity index (χ3v) is 6.29. The van der Waals surface area contributed by atoms with Crippen molar-refractivity contribution in [3.8, 4) is 0 Å². The fourth-order valence-corrected chi connectivity index (χ4v) is 4.73. The molecule has 1 aromatic heterocycles. The third kappa shape index (κ3) is 2.10. The van der Waals surface area contributed by atoms with Gasteiger partial charge in [0, 0.05) is 43.2 Å². The smallest absolute Gasteiger partial charge is 0.251 e. The van der Waals surface area contributed by atoms with Crippen LogP contribution in [0.15, 0.2) is 16.9 Å². The Morgan fingerprint density at radius 1 is 1.24 bits per heavy atom. The minimum atomic E-state index is -0.226. The molecule has 1 saturated heterocycles. The van der Waals surface area contributed by atoms with Crippen molar-refractivity contribution in [2.24, 2.45) is 23.3 Å². The first kappa shape index (κ1) is 15.3. The Bertz CT molecular complexity index is 937. The number of halogens is 1. The highest BCUT2D eigenvalue weighted by Crippen LogP contribution is 2.47. The highest BCUT2D eigenvalue weighted by atomic mass is 19.1. The number of pyridine rings is 1. The molecule has 5 rings (SSSR count). The Balaban J connectivity index is 1.74. The molecular weight excluding hydrogens is 319 g/mol. The summed E-state index contributed by atoms with van der Waals surface area (Å²) in [4.78, 5) is 14.8. The van der Waals surface area contributed by atoms with E-state index in [4.69, 9.17) is 11.5 Å². The summed E-state index contributed by atoms with van der Waals surface area (Å²) in [6.07, 6.45) is 2.01. The molecule has 1 aromatic carbocycles. The molecule has 2 aromatic rings. The lowest BCUT2D eigenvalue weighted by atomic mass is 10.0. The SMILES string of the molecule is Cc1c(N2C[C@@H]3C(N)[C@@H]3C2)c(F)cc2c(CN)cc(=O)n(C3CC3)c12. The van der Waals surface area contributed by atoms with Crippen LogP contribution in [-0.4, -0.2) is 23.7 Å². The van der Waals surface area contributed by atoms with Crippen molar-refractivity contribution in [2.45, 2.75) is 38.4 Å². The van der Waals surface area contributed by atoms with E-state index in [0.29, 0.717) is 17.5 Å². The molecule has 3 fully saturated rings. The van der Waals surface area contributed by atoms with Crippen LogP contribution in [0.5, 0.6) is 0 Å². The molecule has 0 spiro atoms. The van der Waals surface area contributed by atoms with Crippen LogP contribution >= 0.6 is 0 Å². The van der Waals surface area contributed by atoms with Crippen molar-refractivity contribution in [3.05, 3.63) is 39.4 Å². The van der Waals surface area contributed by atoms with E-state index in [0.717, 1.165) is 48.0 Å². The molecule has 0 bridgehead atoms. The van der Waals surface area contributed by atoms with Crippen LogP contribution in [-0.2, 0) is 6.54 Å². The Labute approximate surface area is 145 Å². The highest BCUT2D eigenvalue weighted by molar-refractivity contribution is 5.90. The second-order valence-electron chi connectivity index (χ2n) is 7.85. The van der Waals surface area contributed by atoms with Crippen molar-refractivity contribution < 1.29 is 4.39 Å². The molecule has 1 aliphatic heterocycles. The molecule has 6 heteroatoms. The number of nitrogens with two attached hydrogens (primary N) is 2. The fourth-order valence-electron chi connectivity index (χ4n) is 4.73. The topological polar surface area (TPSA) is 77.3 Å². The number of fused-ring (bicyclic) bond motifs is 2. The van der Waals surface area contributed by atoms with Crippen molar-refractivity contribution in [1.82, 2.24) is 4.57 Å². The Morgan fingerprint density at radius 3 is 2.52 bits per heavy atom. The van der Waals surface area contributed by atoms with E-state index in [1.807, 2.05) is 11.5 Å². The van der Waals surface area contributed by atoms with E-state index in [-0.39, 0.29) is 30.0 Å². The molecule has 2 heterocycles. The van der Waals surface area contributed by atoms with Crippen molar-refractivity contribution >= 4 is 16.6 Å². The Morgan fingerprint density at radius 2 is 1.92 bits per heavy atom. The van der Waals surface area contributed by atoms with Crippen molar-refractivity contribution in [1.29, 1.82) is 0 Å². The molecule has 5 nitrogen and oxygen atoms in total. The molecule has 4 N–H and O–H groups in total. The minimum absolute atomic E-state index is 0.0256. The Kier molecular flexibility index (Phi) is 3.10. The van der Waals surface area contributed by atoms with Crippen molar-refractivity contribution in [2.75, 3.05) is 18.0 Å². The van der Waals surface area contributed by atoms with Gasteiger partial charge in [-0.25, -0.2) is 4.39 Å². The van der Waals surface area contributed by atoms with Gasteiger partial charge in [-0.05, 0) is 48.8 Å². The number of nitrogens with zero attached hydrogens (tertiary/aromatic N) is 2. The standard InChI is InChI=1S/C19H23FN4O/c1-9-18-12(10(6-21)4-16(25)24(18)11-2-3-11)5-15(20)19(9)23-7-13-14(8-23)17(13)22/h4-5,11,13-14,17H,2-3,6-8,21-22H2,1H3/t13-,14+,17?. The van der Waals surface area contributed by atoms with Gasteiger partial charge in [0.2, 0.25) is 0 Å². The molecular formula is C19H23FN4O. The van der Waals surface area contributed by atoms with Gasteiger partial charge in [-0.1, -0.05) is 0 Å². The van der Waals surface area contributed by atoms with Gasteiger partial charge in [0.25, 0.3) is 5.56 Å². The number of aryl methyl sites for hydroxylation is 1. The zero-order valence-electron chi connectivity index (χ0n) is 14.3. The van der Waals surface area contributed by atoms with Gasteiger partial charge in [0.15, 0.2) is 0 Å². The van der Waals surface area contributed by atoms with Crippen LogP contribution in [0, 0.1) is 24.6 Å². The summed E-state index contributed by atoms with van der Waals surface area (Å²) in [5.41, 5.74) is 14.9. The number of hydrogen-bond donors (Lipinski definition) is 2. The van der Waals surface area contributed by atoms with Crippen LogP contribution in [0.3, 0.4) is 0 Å². The number of anilines is 1. The summed E-state index contributed by atoms with van der Waals surface area (Å²) >= 11 is 0. The molecule has 0 amide bonds. The van der Waals surface area contributed by atoms with E-state index in [2.05, 4.69) is 4.90 Å². The predicted molar refractivity (Wildman–Crippen MR) is 96.2 cm³/mol. The number of rotatable bonds is 3. The first-order valence-electron chi connectivity index (χ1n) is 9.09. The second kappa shape index (κ2) is 5.05. The molecule has 2 saturated carbocycles. The number of hydrogen-bond acceptors (Lipinski definition) is 4. The van der Waals surface area contributed by atoms with Crippen LogP contribution in [0.4, 0.5) is 10.1 Å². The maximum atomic E-state index is 15.0. The summed E-state index contributed by atoms with van der Waals surface area (Å²) in [5.74, 6) is 0.738. The van der Waals surface area contributed by atoms with E-state index in [1.54, 1.807) is 12.1 Å². The fraction of sp³-hybridized carbons (Fsp3) is 0.526. The number of benzene rings is 1. The lowest BCUT2D eigenvalue weighted by Crippen LogP contribution is -2.30. The summed E-state index contributed by atoms with van der Waals surface area (Å²) in [5, 5.41) is 0.772. The zero-order valence-corrected chi connectivity index (χ0v) is 14.3. The maximum Gasteiger partial charge on any atom is 0.251 e. The normalized spacial score (nSPS) is 27.8. The molecule has 132 valence electrons. The van der Waals surface area contributed by atoms with Crippen LogP contribution in [0.1, 0.15) is 30.0 Å². The summed E-state index contributed by atoms with van der Waals surface area (Å²) in [6.45, 7) is 3.78. The Hall–Kier alpha value is -1.92. The van der Waals surface area contributed by atoms with Crippen LogP contribution < -0.4 is 21.9 Å². The zero-order chi connectivity index (χ0) is 17.5. The van der Waals surface area contributed by atoms with Crippen LogP contribution in [0.25, 0.3) is 10.9 Å². The minimum Gasteiger partial charge on any atom is -0.368 e. The first-order chi connectivity index (χ1) is 12.0. The summed E-state index contributed by atoms with van der Waals surface area (Å²) < 4.78 is 16.9. The molecule has 0 radical (unpaired) electrons. The third-order valence-electron chi connectivity index (χ3n) is 6.29. The molecule has 1 unspecified atom stereocenters. The number of piperidine rings is 1. The largest absolute Gasteiger partial charge is 0.368 e. The average molecular weight is 342 g/mol. The van der Waals surface area contributed by atoms with Crippen molar-refractivity contribution in [3.63, 3.8) is 0 Å². The first-order valence-corrected chi connectivity index (χ1v) is 9.09. The lowest BCUT2D eigenvalue weighted by molar-refractivity contribution is 0.615. The van der Waals surface area contributed by atoms with E-state index < -0.39 is 0 Å². The molecule has 3 aliphatic rings. The summed E-state index contributed by atoms with van der Waals surface area (Å²) in [6, 6.07) is 3.65. The van der Waals surface area contributed by atoms with Gasteiger partial charge in [-0.15, -0.1) is 0 Å². The average Bonchev–Trinajstić information content (AvgIpc) is 3.46. The quantitative estimate of drug-likeness (QED) is 0.889. The van der Waals surface area contributed by atoms with Crippen LogP contribution in [0.2, 0.25) is 0 Å². The van der Waals surface area contributed by atoms with Gasteiger partial charge in [0.1, 0.15) is 5.82 Å². The van der Waals surface area contributed by atoms with Gasteiger partial charge >= 0.3 is 0 Å². The highest BCUT2D eigenvalue weighted by Gasteiger charge is 2.54. The van der Waals surface area contributed by atoms with E-state index >= 15 is 4.39 Å².